The number of aromatic amines is 1. The van der Waals surface area contributed by atoms with E-state index in [9.17, 15) is 9.59 Å². The minimum absolute atomic E-state index is 0.0617. The first kappa shape index (κ1) is 24.3. The number of carbonyl (C=O) groups is 1. The zero-order valence-corrected chi connectivity index (χ0v) is 21.5. The highest BCUT2D eigenvalue weighted by atomic mass is 35.5. The number of hydrogen-bond acceptors (Lipinski definition) is 5. The van der Waals surface area contributed by atoms with Crippen LogP contribution in [0.5, 0.6) is 11.5 Å². The molecule has 1 fully saturated rings. The third-order valence-corrected chi connectivity index (χ3v) is 8.23. The number of aryl methyl sites for hydroxylation is 1. The summed E-state index contributed by atoms with van der Waals surface area (Å²) >= 11 is 14.6. The molecule has 33 heavy (non-hydrogen) atoms. The Labute approximate surface area is 207 Å². The standard InChI is InChI=1S/C24H28Cl2N2O4S/c1-12-10-16(33-4)15(22(29)28-12)11-27-23(30)17-13(2)20-21(19(26)18(17)25)32-24(3,31-20)14-8-6-5-7-9-14/h10,14H,5-9,11H2,1-4H3,(H,27,30)(H,28,29)/t24-/m1/s1. The lowest BCUT2D eigenvalue weighted by molar-refractivity contribution is -0.119. The van der Waals surface area contributed by atoms with Crippen LogP contribution in [0.2, 0.25) is 10.0 Å². The van der Waals surface area contributed by atoms with Gasteiger partial charge in [-0.05, 0) is 39.0 Å². The molecule has 0 radical (unpaired) electrons. The molecule has 1 amide bonds. The molecule has 0 saturated heterocycles. The van der Waals surface area contributed by atoms with Gasteiger partial charge in [-0.3, -0.25) is 9.59 Å². The van der Waals surface area contributed by atoms with E-state index in [4.69, 9.17) is 32.7 Å². The largest absolute Gasteiger partial charge is 0.448 e. The van der Waals surface area contributed by atoms with E-state index in [2.05, 4.69) is 10.3 Å². The first-order valence-electron chi connectivity index (χ1n) is 11.1. The number of nitrogens with one attached hydrogen (secondary N) is 2. The van der Waals surface area contributed by atoms with Crippen LogP contribution in [0.15, 0.2) is 15.8 Å². The summed E-state index contributed by atoms with van der Waals surface area (Å²) in [4.78, 5) is 29.2. The van der Waals surface area contributed by atoms with E-state index < -0.39 is 11.7 Å². The fourth-order valence-corrected chi connectivity index (χ4v) is 5.99. The summed E-state index contributed by atoms with van der Waals surface area (Å²) in [5.41, 5.74) is 1.83. The Hall–Kier alpha value is -1.83. The molecule has 2 N–H and O–H groups in total. The van der Waals surface area contributed by atoms with Gasteiger partial charge in [0.25, 0.3) is 17.3 Å². The number of ether oxygens (including phenoxy) is 2. The maximum absolute atomic E-state index is 13.2. The summed E-state index contributed by atoms with van der Waals surface area (Å²) in [6, 6.07) is 1.88. The molecule has 0 spiro atoms. The Morgan fingerprint density at radius 2 is 1.85 bits per heavy atom. The van der Waals surface area contributed by atoms with Crippen molar-refractivity contribution >= 4 is 40.9 Å². The van der Waals surface area contributed by atoms with E-state index in [0.717, 1.165) is 36.3 Å². The Morgan fingerprint density at radius 3 is 2.52 bits per heavy atom. The van der Waals surface area contributed by atoms with Gasteiger partial charge in [-0.25, -0.2) is 0 Å². The lowest BCUT2D eigenvalue weighted by Crippen LogP contribution is -2.44. The van der Waals surface area contributed by atoms with Crippen LogP contribution < -0.4 is 20.3 Å². The minimum Gasteiger partial charge on any atom is -0.448 e. The van der Waals surface area contributed by atoms with E-state index in [1.165, 1.54) is 18.2 Å². The number of H-pyrrole nitrogens is 1. The normalized spacial score (nSPS) is 20.2. The summed E-state index contributed by atoms with van der Waals surface area (Å²) < 4.78 is 12.5. The third kappa shape index (κ3) is 4.47. The van der Waals surface area contributed by atoms with E-state index in [-0.39, 0.29) is 33.6 Å². The van der Waals surface area contributed by atoms with Crippen molar-refractivity contribution in [2.45, 2.75) is 70.1 Å². The van der Waals surface area contributed by atoms with Crippen molar-refractivity contribution in [3.63, 3.8) is 0 Å². The Kier molecular flexibility index (Phi) is 6.95. The third-order valence-electron chi connectivity index (χ3n) is 6.59. The van der Waals surface area contributed by atoms with Crippen molar-refractivity contribution in [1.29, 1.82) is 0 Å². The molecular weight excluding hydrogens is 483 g/mol. The Balaban J connectivity index is 1.62. The highest BCUT2D eigenvalue weighted by Crippen LogP contribution is 2.54. The number of carbonyl (C=O) groups excluding carboxylic acids is 1. The van der Waals surface area contributed by atoms with Gasteiger partial charge in [0, 0.05) is 41.1 Å². The van der Waals surface area contributed by atoms with Crippen molar-refractivity contribution in [2.75, 3.05) is 6.26 Å². The molecule has 0 unspecified atom stereocenters. The van der Waals surface area contributed by atoms with Crippen LogP contribution >= 0.6 is 35.0 Å². The molecular formula is C24H28Cl2N2O4S. The predicted molar refractivity (Wildman–Crippen MR) is 132 cm³/mol. The lowest BCUT2D eigenvalue weighted by atomic mass is 9.84. The van der Waals surface area contributed by atoms with Gasteiger partial charge in [-0.1, -0.05) is 42.5 Å². The molecule has 1 atom stereocenters. The Morgan fingerprint density at radius 1 is 1.18 bits per heavy atom. The number of pyridine rings is 1. The average Bonchev–Trinajstić information content (AvgIpc) is 3.16. The molecule has 178 valence electrons. The lowest BCUT2D eigenvalue weighted by Gasteiger charge is -2.34. The monoisotopic (exact) mass is 510 g/mol. The van der Waals surface area contributed by atoms with Gasteiger partial charge in [-0.2, -0.15) is 0 Å². The number of aromatic nitrogens is 1. The molecule has 2 aliphatic rings. The van der Waals surface area contributed by atoms with Crippen molar-refractivity contribution in [3.8, 4) is 11.5 Å². The molecule has 4 rings (SSSR count). The quantitative estimate of drug-likeness (QED) is 0.480. The van der Waals surface area contributed by atoms with Crippen LogP contribution in [-0.2, 0) is 6.54 Å². The molecule has 2 heterocycles. The minimum atomic E-state index is -0.835. The van der Waals surface area contributed by atoms with E-state index in [1.807, 2.05) is 26.2 Å². The van der Waals surface area contributed by atoms with Gasteiger partial charge in [0.1, 0.15) is 5.02 Å². The average molecular weight is 511 g/mol. The van der Waals surface area contributed by atoms with Gasteiger partial charge in [-0.15, -0.1) is 11.8 Å². The van der Waals surface area contributed by atoms with Gasteiger partial charge >= 0.3 is 0 Å². The molecule has 9 heteroatoms. The predicted octanol–water partition coefficient (Wildman–Crippen LogP) is 6.02. The van der Waals surface area contributed by atoms with E-state index in [0.29, 0.717) is 22.6 Å². The van der Waals surface area contributed by atoms with Crippen LogP contribution in [0, 0.1) is 19.8 Å². The first-order chi connectivity index (χ1) is 15.7. The number of fused-ring (bicyclic) bond motifs is 1. The van der Waals surface area contributed by atoms with E-state index in [1.54, 1.807) is 6.92 Å². The van der Waals surface area contributed by atoms with Gasteiger partial charge in [0.05, 0.1) is 10.6 Å². The SMILES string of the molecule is CSc1cc(C)[nH]c(=O)c1CNC(=O)c1c(C)c2c(c(Cl)c1Cl)O[C@](C)(C1CCCCC1)O2. The maximum atomic E-state index is 13.2. The summed E-state index contributed by atoms with van der Waals surface area (Å²) in [6.45, 7) is 5.59. The first-order valence-corrected chi connectivity index (χ1v) is 13.1. The fourth-order valence-electron chi connectivity index (χ4n) is 4.75. The molecule has 0 bridgehead atoms. The molecule has 1 aromatic carbocycles. The topological polar surface area (TPSA) is 80.4 Å². The van der Waals surface area contributed by atoms with Crippen LogP contribution in [0.1, 0.15) is 66.2 Å². The zero-order chi connectivity index (χ0) is 23.9. The number of hydrogen-bond donors (Lipinski definition) is 2. The number of rotatable bonds is 5. The number of amides is 1. The zero-order valence-electron chi connectivity index (χ0n) is 19.2. The second-order valence-electron chi connectivity index (χ2n) is 8.85. The summed E-state index contributed by atoms with van der Waals surface area (Å²) in [5.74, 6) is -0.172. The molecule has 1 aliphatic carbocycles. The summed E-state index contributed by atoms with van der Waals surface area (Å²) in [6.07, 6.45) is 7.43. The molecule has 2 aromatic rings. The van der Waals surface area contributed by atoms with Crippen LogP contribution in [0.4, 0.5) is 0 Å². The molecule has 1 aliphatic heterocycles. The smallest absolute Gasteiger partial charge is 0.254 e. The highest BCUT2D eigenvalue weighted by Gasteiger charge is 2.47. The molecule has 1 aromatic heterocycles. The van der Waals surface area contributed by atoms with Crippen LogP contribution in [-0.4, -0.2) is 22.9 Å². The molecule has 1 saturated carbocycles. The van der Waals surface area contributed by atoms with Crippen LogP contribution in [0.3, 0.4) is 0 Å². The second kappa shape index (κ2) is 9.43. The fraction of sp³-hybridized carbons (Fsp3) is 0.500. The van der Waals surface area contributed by atoms with Gasteiger partial charge < -0.3 is 19.8 Å². The summed E-state index contributed by atoms with van der Waals surface area (Å²) in [7, 11) is 0. The second-order valence-corrected chi connectivity index (χ2v) is 10.5. The van der Waals surface area contributed by atoms with Gasteiger partial charge in [0.2, 0.25) is 0 Å². The van der Waals surface area contributed by atoms with Crippen LogP contribution in [0.25, 0.3) is 0 Å². The number of thioether (sulfide) groups is 1. The maximum Gasteiger partial charge on any atom is 0.254 e. The number of benzene rings is 1. The van der Waals surface area contributed by atoms with Gasteiger partial charge in [0.15, 0.2) is 11.5 Å². The Bertz CT molecular complexity index is 1160. The highest BCUT2D eigenvalue weighted by molar-refractivity contribution is 7.98. The number of halogens is 2. The summed E-state index contributed by atoms with van der Waals surface area (Å²) in [5, 5.41) is 3.10. The molecule has 6 nitrogen and oxygen atoms in total. The van der Waals surface area contributed by atoms with Crippen molar-refractivity contribution in [2.24, 2.45) is 5.92 Å². The van der Waals surface area contributed by atoms with Crippen molar-refractivity contribution in [3.05, 3.63) is 48.8 Å². The van der Waals surface area contributed by atoms with E-state index >= 15 is 0 Å². The van der Waals surface area contributed by atoms with Crippen molar-refractivity contribution in [1.82, 2.24) is 10.3 Å². The van der Waals surface area contributed by atoms with Crippen molar-refractivity contribution < 1.29 is 14.3 Å².